The summed E-state index contributed by atoms with van der Waals surface area (Å²) >= 11 is 12.4. The fourth-order valence-corrected chi connectivity index (χ4v) is 2.78. The summed E-state index contributed by atoms with van der Waals surface area (Å²) in [5.74, 6) is -0.344. The van der Waals surface area contributed by atoms with E-state index < -0.39 is 0 Å². The third-order valence-electron chi connectivity index (χ3n) is 3.30. The number of anilines is 1. The third kappa shape index (κ3) is 2.53. The number of carbonyl (C=O) groups is 1. The Morgan fingerprint density at radius 2 is 1.91 bits per heavy atom. The van der Waals surface area contributed by atoms with Crippen LogP contribution in [0.1, 0.15) is 15.9 Å². The molecular weight excluding hydrogens is 323 g/mol. The zero-order chi connectivity index (χ0) is 15.9. The summed E-state index contributed by atoms with van der Waals surface area (Å²) in [7, 11) is 1.71. The molecule has 0 spiro atoms. The van der Waals surface area contributed by atoms with Crippen LogP contribution in [-0.2, 0) is 7.05 Å². The molecule has 22 heavy (non-hydrogen) atoms. The number of rotatable bonds is 2. The van der Waals surface area contributed by atoms with Crippen LogP contribution in [0.2, 0.25) is 10.2 Å². The van der Waals surface area contributed by atoms with Crippen molar-refractivity contribution < 1.29 is 4.79 Å². The second-order valence-corrected chi connectivity index (χ2v) is 5.66. The molecule has 0 bridgehead atoms. The van der Waals surface area contributed by atoms with Gasteiger partial charge in [-0.05, 0) is 19.1 Å². The van der Waals surface area contributed by atoms with Crippen molar-refractivity contribution in [1.82, 2.24) is 14.8 Å². The molecule has 1 amide bonds. The lowest BCUT2D eigenvalue weighted by Crippen LogP contribution is -2.13. The van der Waals surface area contributed by atoms with Gasteiger partial charge in [0.05, 0.1) is 16.0 Å². The van der Waals surface area contributed by atoms with E-state index in [2.05, 4.69) is 15.4 Å². The van der Waals surface area contributed by atoms with Gasteiger partial charge in [-0.25, -0.2) is 9.67 Å². The van der Waals surface area contributed by atoms with Gasteiger partial charge in [0.25, 0.3) is 5.91 Å². The van der Waals surface area contributed by atoms with Crippen LogP contribution in [0, 0.1) is 6.92 Å². The molecule has 5 nitrogen and oxygen atoms in total. The number of carbonyl (C=O) groups excluding carboxylic acids is 1. The van der Waals surface area contributed by atoms with E-state index in [0.717, 1.165) is 5.56 Å². The largest absolute Gasteiger partial charge is 0.322 e. The number of aromatic nitrogens is 3. The standard InChI is InChI=1S/C15H12Cl2N4O/c1-8-3-5-9(6-4-8)19-15(22)10-7-18-14-11(12(10)16)13(17)20-21(14)2/h3-7H,1-2H3,(H,19,22). The van der Waals surface area contributed by atoms with Crippen molar-refractivity contribution in [2.24, 2.45) is 7.05 Å². The van der Waals surface area contributed by atoms with Crippen LogP contribution >= 0.6 is 23.2 Å². The number of pyridine rings is 1. The second-order valence-electron chi connectivity index (χ2n) is 4.92. The minimum absolute atomic E-state index is 0.222. The number of halogens is 2. The van der Waals surface area contributed by atoms with E-state index >= 15 is 0 Å². The highest BCUT2D eigenvalue weighted by Crippen LogP contribution is 2.31. The average molecular weight is 335 g/mol. The summed E-state index contributed by atoms with van der Waals surface area (Å²) < 4.78 is 1.52. The molecule has 3 aromatic rings. The minimum Gasteiger partial charge on any atom is -0.322 e. The van der Waals surface area contributed by atoms with E-state index in [9.17, 15) is 4.79 Å². The van der Waals surface area contributed by atoms with E-state index in [1.807, 2.05) is 31.2 Å². The van der Waals surface area contributed by atoms with Crippen molar-refractivity contribution in [2.75, 3.05) is 5.32 Å². The normalized spacial score (nSPS) is 10.9. The molecule has 0 radical (unpaired) electrons. The van der Waals surface area contributed by atoms with E-state index in [-0.39, 0.29) is 21.6 Å². The van der Waals surface area contributed by atoms with E-state index in [4.69, 9.17) is 23.2 Å². The van der Waals surface area contributed by atoms with Gasteiger partial charge >= 0.3 is 0 Å². The first-order valence-electron chi connectivity index (χ1n) is 6.52. The molecule has 0 fully saturated rings. The van der Waals surface area contributed by atoms with Gasteiger partial charge in [0.1, 0.15) is 0 Å². The van der Waals surface area contributed by atoms with Crippen molar-refractivity contribution in [1.29, 1.82) is 0 Å². The average Bonchev–Trinajstić information content (AvgIpc) is 2.77. The summed E-state index contributed by atoms with van der Waals surface area (Å²) in [6.45, 7) is 1.98. The first-order valence-corrected chi connectivity index (χ1v) is 7.27. The Hall–Kier alpha value is -2.11. The monoisotopic (exact) mass is 334 g/mol. The molecule has 0 unspecified atom stereocenters. The van der Waals surface area contributed by atoms with Crippen molar-refractivity contribution in [3.63, 3.8) is 0 Å². The number of benzene rings is 1. The van der Waals surface area contributed by atoms with Crippen LogP contribution in [0.4, 0.5) is 5.69 Å². The summed E-state index contributed by atoms with van der Waals surface area (Å²) in [4.78, 5) is 16.6. The summed E-state index contributed by atoms with van der Waals surface area (Å²) in [5.41, 5.74) is 2.58. The Morgan fingerprint density at radius 1 is 1.23 bits per heavy atom. The van der Waals surface area contributed by atoms with Crippen molar-refractivity contribution in [2.45, 2.75) is 6.92 Å². The number of nitrogens with one attached hydrogen (secondary N) is 1. The van der Waals surface area contributed by atoms with E-state index in [1.54, 1.807) is 7.05 Å². The van der Waals surface area contributed by atoms with Gasteiger partial charge in [0.15, 0.2) is 10.8 Å². The Bertz CT molecular complexity index is 871. The fraction of sp³-hybridized carbons (Fsp3) is 0.133. The highest BCUT2D eigenvalue weighted by atomic mass is 35.5. The van der Waals surface area contributed by atoms with Crippen LogP contribution in [0.15, 0.2) is 30.5 Å². The zero-order valence-electron chi connectivity index (χ0n) is 11.9. The predicted octanol–water partition coefficient (Wildman–Crippen LogP) is 3.84. The number of fused-ring (bicyclic) bond motifs is 1. The molecule has 7 heteroatoms. The molecule has 112 valence electrons. The highest BCUT2D eigenvalue weighted by molar-refractivity contribution is 6.43. The Morgan fingerprint density at radius 3 is 2.59 bits per heavy atom. The summed E-state index contributed by atoms with van der Waals surface area (Å²) in [6.07, 6.45) is 1.42. The quantitative estimate of drug-likeness (QED) is 0.774. The van der Waals surface area contributed by atoms with Gasteiger partial charge in [-0.3, -0.25) is 4.79 Å². The van der Waals surface area contributed by atoms with Crippen molar-refractivity contribution >= 4 is 45.8 Å². The van der Waals surface area contributed by atoms with Crippen LogP contribution in [0.5, 0.6) is 0 Å². The minimum atomic E-state index is -0.344. The molecular formula is C15H12Cl2N4O. The number of hydrogen-bond acceptors (Lipinski definition) is 3. The smallest absolute Gasteiger partial charge is 0.258 e. The number of amides is 1. The SMILES string of the molecule is Cc1ccc(NC(=O)c2cnc3c(c(Cl)nn3C)c2Cl)cc1. The van der Waals surface area contributed by atoms with Crippen LogP contribution in [0.3, 0.4) is 0 Å². The van der Waals surface area contributed by atoms with Gasteiger partial charge in [-0.2, -0.15) is 5.10 Å². The molecule has 2 aromatic heterocycles. The number of nitrogens with zero attached hydrogens (tertiary/aromatic N) is 3. The van der Waals surface area contributed by atoms with Crippen molar-refractivity contribution in [3.8, 4) is 0 Å². The lowest BCUT2D eigenvalue weighted by molar-refractivity contribution is 0.102. The molecule has 0 atom stereocenters. The van der Waals surface area contributed by atoms with E-state index in [1.165, 1.54) is 10.9 Å². The molecule has 3 rings (SSSR count). The number of aryl methyl sites for hydroxylation is 2. The molecule has 0 saturated carbocycles. The molecule has 0 saturated heterocycles. The van der Waals surface area contributed by atoms with Gasteiger partial charge in [-0.1, -0.05) is 40.9 Å². The Kier molecular flexibility index (Phi) is 3.76. The van der Waals surface area contributed by atoms with Gasteiger partial charge in [-0.15, -0.1) is 0 Å². The van der Waals surface area contributed by atoms with Gasteiger partial charge in [0.2, 0.25) is 0 Å². The van der Waals surface area contributed by atoms with E-state index in [0.29, 0.717) is 16.7 Å². The molecule has 0 aliphatic heterocycles. The first-order chi connectivity index (χ1) is 10.5. The summed E-state index contributed by atoms with van der Waals surface area (Å²) in [6, 6.07) is 7.47. The second kappa shape index (κ2) is 5.59. The lowest BCUT2D eigenvalue weighted by atomic mass is 10.2. The molecule has 0 aliphatic rings. The molecule has 2 heterocycles. The predicted molar refractivity (Wildman–Crippen MR) is 87.7 cm³/mol. The van der Waals surface area contributed by atoms with Crippen LogP contribution in [0.25, 0.3) is 11.0 Å². The molecule has 1 aromatic carbocycles. The topological polar surface area (TPSA) is 59.8 Å². The van der Waals surface area contributed by atoms with Crippen LogP contribution < -0.4 is 5.32 Å². The maximum Gasteiger partial charge on any atom is 0.258 e. The Balaban J connectivity index is 1.99. The maximum absolute atomic E-state index is 12.4. The molecule has 0 aliphatic carbocycles. The highest BCUT2D eigenvalue weighted by Gasteiger charge is 2.19. The lowest BCUT2D eigenvalue weighted by Gasteiger charge is -2.07. The number of hydrogen-bond donors (Lipinski definition) is 1. The first kappa shape index (κ1) is 14.8. The van der Waals surface area contributed by atoms with Gasteiger partial charge < -0.3 is 5.32 Å². The Labute approximate surface area is 136 Å². The maximum atomic E-state index is 12.4. The molecule has 1 N–H and O–H groups in total. The third-order valence-corrected chi connectivity index (χ3v) is 3.96. The fourth-order valence-electron chi connectivity index (χ4n) is 2.13. The van der Waals surface area contributed by atoms with Crippen molar-refractivity contribution in [3.05, 3.63) is 51.8 Å². The van der Waals surface area contributed by atoms with Crippen LogP contribution in [-0.4, -0.2) is 20.7 Å². The zero-order valence-corrected chi connectivity index (χ0v) is 13.4. The van der Waals surface area contributed by atoms with Gasteiger partial charge in [0, 0.05) is 18.9 Å². The summed E-state index contributed by atoms with van der Waals surface area (Å²) in [5, 5.41) is 7.77.